The quantitative estimate of drug-likeness (QED) is 0.451. The number of aliphatic hydroxyl groups is 1. The number of benzene rings is 2. The lowest BCUT2D eigenvalue weighted by molar-refractivity contribution is -0.140. The summed E-state index contributed by atoms with van der Waals surface area (Å²) in [5.74, 6) is -1.11. The van der Waals surface area contributed by atoms with E-state index in [2.05, 4.69) is 57.6 Å². The molecule has 0 radical (unpaired) electrons. The second-order valence-corrected chi connectivity index (χ2v) is 9.01. The van der Waals surface area contributed by atoms with E-state index < -0.39 is 12.0 Å². The highest BCUT2D eigenvalue weighted by Crippen LogP contribution is 2.30. The first kappa shape index (κ1) is 27.1. The number of aliphatic hydroxyl groups excluding tert-OH is 1. The van der Waals surface area contributed by atoms with Crippen molar-refractivity contribution in [2.75, 3.05) is 52.5 Å². The van der Waals surface area contributed by atoms with Crippen molar-refractivity contribution < 1.29 is 24.5 Å². The second kappa shape index (κ2) is 14.2. The standard InChI is InChI=1S/C21H27ClN2O2.C5H7NO3/c22-20-8-6-19(7-9-20)21(18-4-2-1-3-5-18)24-12-10-23(11-13-24)14-16-26-17-15-25;7-4-2-1-3(6-4)5(8)9/h1-9,21,25H,10-17H2;3H,1-2H2,(H,6,7)(H,8,9)/t;3-/m.0/s1. The van der Waals surface area contributed by atoms with E-state index in [-0.39, 0.29) is 18.6 Å². The normalized spacial score (nSPS) is 19.5. The Morgan fingerprint density at radius 2 is 1.69 bits per heavy atom. The van der Waals surface area contributed by atoms with Crippen LogP contribution in [0.4, 0.5) is 0 Å². The third-order valence-electron chi connectivity index (χ3n) is 6.15. The van der Waals surface area contributed by atoms with Gasteiger partial charge in [0.25, 0.3) is 0 Å². The molecular weight excluding hydrogens is 470 g/mol. The first-order valence-electron chi connectivity index (χ1n) is 12.0. The molecule has 2 aromatic rings. The van der Waals surface area contributed by atoms with E-state index in [1.165, 1.54) is 11.1 Å². The van der Waals surface area contributed by atoms with Gasteiger partial charge < -0.3 is 20.3 Å². The van der Waals surface area contributed by atoms with E-state index in [1.807, 2.05) is 12.1 Å². The molecule has 35 heavy (non-hydrogen) atoms. The predicted molar refractivity (Wildman–Crippen MR) is 134 cm³/mol. The molecule has 1 amide bonds. The number of carboxylic acids is 1. The SMILES string of the molecule is O=C1CC[C@@H](C(=O)O)N1.OCCOCCN1CCN(C(c2ccccc2)c2ccc(Cl)cc2)CC1. The van der Waals surface area contributed by atoms with E-state index in [9.17, 15) is 9.59 Å². The molecule has 2 saturated heterocycles. The Balaban J connectivity index is 0.000000320. The fourth-order valence-electron chi connectivity index (χ4n) is 4.30. The number of hydrogen-bond acceptors (Lipinski definition) is 6. The van der Waals surface area contributed by atoms with Gasteiger partial charge in [-0.1, -0.05) is 54.1 Å². The van der Waals surface area contributed by atoms with Crippen LogP contribution in [0.3, 0.4) is 0 Å². The Morgan fingerprint density at radius 3 is 2.23 bits per heavy atom. The smallest absolute Gasteiger partial charge is 0.326 e. The van der Waals surface area contributed by atoms with Gasteiger partial charge in [0.05, 0.1) is 25.9 Å². The van der Waals surface area contributed by atoms with Crippen LogP contribution in [-0.2, 0) is 14.3 Å². The zero-order valence-electron chi connectivity index (χ0n) is 19.8. The topological polar surface area (TPSA) is 102 Å². The lowest BCUT2D eigenvalue weighted by Gasteiger charge is -2.39. The number of ether oxygens (including phenoxy) is 1. The molecule has 0 aromatic heterocycles. The van der Waals surface area contributed by atoms with Crippen LogP contribution in [0, 0.1) is 0 Å². The fourth-order valence-corrected chi connectivity index (χ4v) is 4.43. The molecule has 0 spiro atoms. The Bertz CT molecular complexity index is 920. The average molecular weight is 504 g/mol. The largest absolute Gasteiger partial charge is 0.480 e. The number of amides is 1. The van der Waals surface area contributed by atoms with Crippen molar-refractivity contribution in [1.82, 2.24) is 15.1 Å². The van der Waals surface area contributed by atoms with Gasteiger partial charge in [0.15, 0.2) is 0 Å². The van der Waals surface area contributed by atoms with Crippen LogP contribution in [0.15, 0.2) is 54.6 Å². The Labute approximate surface area is 211 Å². The monoisotopic (exact) mass is 503 g/mol. The van der Waals surface area contributed by atoms with E-state index in [4.69, 9.17) is 26.6 Å². The van der Waals surface area contributed by atoms with Gasteiger partial charge in [-0.05, 0) is 29.7 Å². The Kier molecular flexibility index (Phi) is 11.0. The lowest BCUT2D eigenvalue weighted by atomic mass is 9.96. The van der Waals surface area contributed by atoms with Crippen molar-refractivity contribution in [2.24, 2.45) is 0 Å². The van der Waals surface area contributed by atoms with E-state index in [0.717, 1.165) is 37.7 Å². The number of nitrogens with zero attached hydrogens (tertiary/aromatic N) is 2. The van der Waals surface area contributed by atoms with Crippen LogP contribution in [0.1, 0.15) is 30.0 Å². The third kappa shape index (κ3) is 8.59. The molecule has 2 heterocycles. The summed E-state index contributed by atoms with van der Waals surface area (Å²) >= 11 is 6.09. The molecule has 8 nitrogen and oxygen atoms in total. The molecule has 0 bridgehead atoms. The molecule has 190 valence electrons. The first-order valence-corrected chi connectivity index (χ1v) is 12.3. The molecule has 0 saturated carbocycles. The maximum absolute atomic E-state index is 10.4. The number of hydrogen-bond donors (Lipinski definition) is 3. The van der Waals surface area contributed by atoms with Crippen LogP contribution in [-0.4, -0.2) is 90.5 Å². The number of halogens is 1. The van der Waals surface area contributed by atoms with Gasteiger partial charge in [-0.15, -0.1) is 0 Å². The zero-order chi connectivity index (χ0) is 25.0. The summed E-state index contributed by atoms with van der Waals surface area (Å²) in [5.41, 5.74) is 2.59. The molecule has 2 aliphatic rings. The number of carbonyl (C=O) groups is 2. The van der Waals surface area contributed by atoms with Gasteiger partial charge in [0.1, 0.15) is 6.04 Å². The van der Waals surface area contributed by atoms with Crippen LogP contribution in [0.5, 0.6) is 0 Å². The van der Waals surface area contributed by atoms with E-state index >= 15 is 0 Å². The predicted octanol–water partition coefficient (Wildman–Crippen LogP) is 2.41. The zero-order valence-corrected chi connectivity index (χ0v) is 20.6. The number of nitrogens with one attached hydrogen (secondary N) is 1. The summed E-state index contributed by atoms with van der Waals surface area (Å²) in [4.78, 5) is 25.5. The molecule has 2 fully saturated rings. The van der Waals surface area contributed by atoms with Crippen LogP contribution >= 0.6 is 11.6 Å². The molecule has 2 atom stereocenters. The van der Waals surface area contributed by atoms with Crippen LogP contribution in [0.25, 0.3) is 0 Å². The molecule has 2 aliphatic heterocycles. The minimum Gasteiger partial charge on any atom is -0.480 e. The Morgan fingerprint density at radius 1 is 1.03 bits per heavy atom. The van der Waals surface area contributed by atoms with Crippen molar-refractivity contribution in [3.05, 3.63) is 70.7 Å². The van der Waals surface area contributed by atoms with Gasteiger partial charge >= 0.3 is 5.97 Å². The molecule has 2 aromatic carbocycles. The number of carbonyl (C=O) groups excluding carboxylic acids is 1. The van der Waals surface area contributed by atoms with Crippen molar-refractivity contribution in [3.63, 3.8) is 0 Å². The fraction of sp³-hybridized carbons (Fsp3) is 0.462. The Hall–Kier alpha value is -2.49. The van der Waals surface area contributed by atoms with Gasteiger partial charge in [0.2, 0.25) is 5.91 Å². The van der Waals surface area contributed by atoms with E-state index in [1.54, 1.807) is 0 Å². The van der Waals surface area contributed by atoms with Gasteiger partial charge in [-0.25, -0.2) is 4.79 Å². The number of aliphatic carboxylic acids is 1. The van der Waals surface area contributed by atoms with Gasteiger partial charge in [-0.3, -0.25) is 14.6 Å². The number of piperazine rings is 1. The maximum atomic E-state index is 10.4. The molecule has 9 heteroatoms. The van der Waals surface area contributed by atoms with Crippen molar-refractivity contribution >= 4 is 23.5 Å². The summed E-state index contributed by atoms with van der Waals surface area (Å²) in [6.07, 6.45) is 0.769. The number of rotatable bonds is 9. The highest BCUT2D eigenvalue weighted by Gasteiger charge is 2.27. The van der Waals surface area contributed by atoms with Crippen LogP contribution < -0.4 is 5.32 Å². The molecule has 1 unspecified atom stereocenters. The van der Waals surface area contributed by atoms with E-state index in [0.29, 0.717) is 26.1 Å². The highest BCUT2D eigenvalue weighted by atomic mass is 35.5. The summed E-state index contributed by atoms with van der Waals surface area (Å²) in [5, 5.41) is 20.2. The third-order valence-corrected chi connectivity index (χ3v) is 6.41. The average Bonchev–Trinajstić information content (AvgIpc) is 3.32. The summed E-state index contributed by atoms with van der Waals surface area (Å²) in [6.45, 7) is 6.20. The van der Waals surface area contributed by atoms with Gasteiger partial charge in [0, 0.05) is 44.2 Å². The van der Waals surface area contributed by atoms with Crippen LogP contribution in [0.2, 0.25) is 5.02 Å². The first-order chi connectivity index (χ1) is 17.0. The molecule has 0 aliphatic carbocycles. The number of carboxylic acid groups (broad SMARTS) is 1. The van der Waals surface area contributed by atoms with Gasteiger partial charge in [-0.2, -0.15) is 0 Å². The summed E-state index contributed by atoms with van der Waals surface area (Å²) in [6, 6.07) is 18.5. The highest BCUT2D eigenvalue weighted by molar-refractivity contribution is 6.30. The lowest BCUT2D eigenvalue weighted by Crippen LogP contribution is -2.48. The summed E-state index contributed by atoms with van der Waals surface area (Å²) in [7, 11) is 0. The molecule has 4 rings (SSSR count). The molecular formula is C26H34ClN3O5. The van der Waals surface area contributed by atoms with Crippen molar-refractivity contribution in [2.45, 2.75) is 24.9 Å². The minimum atomic E-state index is -0.944. The maximum Gasteiger partial charge on any atom is 0.326 e. The minimum absolute atomic E-state index is 0.0909. The second-order valence-electron chi connectivity index (χ2n) is 8.58. The summed E-state index contributed by atoms with van der Waals surface area (Å²) < 4.78 is 5.39. The molecule has 3 N–H and O–H groups in total. The van der Waals surface area contributed by atoms with Crippen molar-refractivity contribution in [3.8, 4) is 0 Å². The van der Waals surface area contributed by atoms with Crippen molar-refractivity contribution in [1.29, 1.82) is 0 Å².